The van der Waals surface area contributed by atoms with Crippen molar-refractivity contribution in [2.45, 2.75) is 0 Å². The minimum atomic E-state index is 0.588. The van der Waals surface area contributed by atoms with Crippen LogP contribution < -0.4 is 0 Å². The van der Waals surface area contributed by atoms with Gasteiger partial charge in [-0.05, 0) is 67.9 Å². The summed E-state index contributed by atoms with van der Waals surface area (Å²) in [7, 11) is 0. The zero-order valence-corrected chi connectivity index (χ0v) is 32.0. The van der Waals surface area contributed by atoms with Crippen molar-refractivity contribution in [1.82, 2.24) is 15.0 Å². The number of hydrogen-bond donors (Lipinski definition) is 0. The average Bonchev–Trinajstić information content (AvgIpc) is 3.71. The summed E-state index contributed by atoms with van der Waals surface area (Å²) in [6.45, 7) is 0. The molecule has 0 N–H and O–H groups in total. The van der Waals surface area contributed by atoms with Gasteiger partial charge in [0.1, 0.15) is 11.2 Å². The van der Waals surface area contributed by atoms with Crippen molar-refractivity contribution in [2.24, 2.45) is 0 Å². The fraction of sp³-hybridized carbons (Fsp3) is 0. The highest BCUT2D eigenvalue weighted by Crippen LogP contribution is 2.41. The van der Waals surface area contributed by atoms with Crippen LogP contribution in [-0.2, 0) is 0 Å². The van der Waals surface area contributed by atoms with E-state index in [1.54, 1.807) is 0 Å². The van der Waals surface area contributed by atoms with Crippen LogP contribution in [0.5, 0.6) is 0 Å². The van der Waals surface area contributed by atoms with Crippen LogP contribution in [0.2, 0.25) is 0 Å². The molecule has 0 aliphatic carbocycles. The molecule has 2 heterocycles. The Labute approximate surface area is 341 Å². The topological polar surface area (TPSA) is 51.8 Å². The van der Waals surface area contributed by atoms with Crippen molar-refractivity contribution in [1.29, 1.82) is 0 Å². The Hall–Kier alpha value is -7.95. The van der Waals surface area contributed by atoms with E-state index in [0.29, 0.717) is 17.5 Å². The summed E-state index contributed by atoms with van der Waals surface area (Å²) >= 11 is 0. The van der Waals surface area contributed by atoms with Crippen LogP contribution >= 0.6 is 0 Å². The number of nitrogens with zero attached hydrogens (tertiary/aromatic N) is 3. The summed E-state index contributed by atoms with van der Waals surface area (Å²) in [4.78, 5) is 15.5. The van der Waals surface area contributed by atoms with Crippen LogP contribution in [0.4, 0.5) is 0 Å². The monoisotopic (exact) mass is 753 g/mol. The SMILES string of the molecule is c1ccc(-c2ccc(-c3cccc(-c4cccc5c4oc4cccc(-c6nc(-c7ccc(-c8ccccc8)cc7)nc(-c7ccc8ccccc8c7)n6)c45)c3)cc2)cc1. The molecule has 11 aromatic rings. The molecule has 9 aromatic carbocycles. The predicted octanol–water partition coefficient (Wildman–Crippen LogP) is 14.6. The number of hydrogen-bond acceptors (Lipinski definition) is 4. The lowest BCUT2D eigenvalue weighted by Crippen LogP contribution is -2.00. The van der Waals surface area contributed by atoms with Gasteiger partial charge in [0.05, 0.1) is 0 Å². The number of aromatic nitrogens is 3. The van der Waals surface area contributed by atoms with Gasteiger partial charge >= 0.3 is 0 Å². The summed E-state index contributed by atoms with van der Waals surface area (Å²) in [6, 6.07) is 74.0. The van der Waals surface area contributed by atoms with E-state index in [1.807, 2.05) is 24.3 Å². The Kier molecular flexibility index (Phi) is 8.45. The molecule has 0 spiro atoms. The predicted molar refractivity (Wildman–Crippen MR) is 243 cm³/mol. The molecule has 0 amide bonds. The van der Waals surface area contributed by atoms with Crippen LogP contribution in [0.1, 0.15) is 0 Å². The highest BCUT2D eigenvalue weighted by Gasteiger charge is 2.20. The van der Waals surface area contributed by atoms with Crippen molar-refractivity contribution < 1.29 is 4.42 Å². The van der Waals surface area contributed by atoms with Gasteiger partial charge in [0, 0.05) is 33.0 Å². The molecule has 0 aliphatic heterocycles. The van der Waals surface area contributed by atoms with Crippen molar-refractivity contribution >= 4 is 32.7 Å². The Bertz CT molecular complexity index is 3300. The van der Waals surface area contributed by atoms with Crippen molar-refractivity contribution in [2.75, 3.05) is 0 Å². The summed E-state index contributed by atoms with van der Waals surface area (Å²) in [5.74, 6) is 1.81. The summed E-state index contributed by atoms with van der Waals surface area (Å²) in [5, 5.41) is 4.27. The smallest absolute Gasteiger partial charge is 0.164 e. The number of benzene rings is 9. The van der Waals surface area contributed by atoms with E-state index in [0.717, 1.165) is 77.4 Å². The molecule has 0 atom stereocenters. The molecule has 4 nitrogen and oxygen atoms in total. The third kappa shape index (κ3) is 6.43. The molecule has 2 aromatic heterocycles. The maximum Gasteiger partial charge on any atom is 0.164 e. The fourth-order valence-electron chi connectivity index (χ4n) is 8.14. The number of para-hydroxylation sites is 1. The molecule has 0 fully saturated rings. The zero-order chi connectivity index (χ0) is 39.1. The first-order valence-corrected chi connectivity index (χ1v) is 19.8. The first kappa shape index (κ1) is 34.3. The lowest BCUT2D eigenvalue weighted by atomic mass is 9.96. The van der Waals surface area contributed by atoms with Crippen LogP contribution in [0, 0.1) is 0 Å². The molecular weight excluding hydrogens is 719 g/mol. The summed E-state index contributed by atoms with van der Waals surface area (Å²) in [6.07, 6.45) is 0. The van der Waals surface area contributed by atoms with Crippen LogP contribution in [0.15, 0.2) is 217 Å². The normalized spacial score (nSPS) is 11.4. The first-order chi connectivity index (χ1) is 29.2. The van der Waals surface area contributed by atoms with E-state index < -0.39 is 0 Å². The van der Waals surface area contributed by atoms with Gasteiger partial charge in [0.25, 0.3) is 0 Å². The minimum Gasteiger partial charge on any atom is -0.455 e. The Balaban J connectivity index is 1.03. The van der Waals surface area contributed by atoms with Crippen molar-refractivity contribution in [3.05, 3.63) is 212 Å². The first-order valence-electron chi connectivity index (χ1n) is 19.8. The molecule has 0 unspecified atom stereocenters. The summed E-state index contributed by atoms with van der Waals surface area (Å²) in [5.41, 5.74) is 13.4. The molecule has 4 heteroatoms. The van der Waals surface area contributed by atoms with Gasteiger partial charge in [-0.1, -0.05) is 194 Å². The largest absolute Gasteiger partial charge is 0.455 e. The highest BCUT2D eigenvalue weighted by atomic mass is 16.3. The van der Waals surface area contributed by atoms with E-state index in [4.69, 9.17) is 19.4 Å². The third-order valence-electron chi connectivity index (χ3n) is 11.2. The minimum absolute atomic E-state index is 0.588. The van der Waals surface area contributed by atoms with Crippen LogP contribution in [0.3, 0.4) is 0 Å². The maximum absolute atomic E-state index is 6.77. The van der Waals surface area contributed by atoms with Gasteiger partial charge in [-0.2, -0.15) is 0 Å². The molecule has 276 valence electrons. The highest BCUT2D eigenvalue weighted by molar-refractivity contribution is 6.15. The maximum atomic E-state index is 6.77. The average molecular weight is 754 g/mol. The van der Waals surface area contributed by atoms with Gasteiger partial charge in [-0.25, -0.2) is 15.0 Å². The van der Waals surface area contributed by atoms with Gasteiger partial charge in [0.15, 0.2) is 17.5 Å². The van der Waals surface area contributed by atoms with E-state index in [9.17, 15) is 0 Å². The van der Waals surface area contributed by atoms with E-state index in [1.165, 1.54) is 16.5 Å². The van der Waals surface area contributed by atoms with Crippen LogP contribution in [-0.4, -0.2) is 15.0 Å². The number of furan rings is 1. The lowest BCUT2D eigenvalue weighted by Gasteiger charge is -2.10. The molecule has 59 heavy (non-hydrogen) atoms. The number of rotatable bonds is 7. The second kappa shape index (κ2) is 14.5. The molecule has 0 radical (unpaired) electrons. The Morgan fingerprint density at radius 2 is 0.780 bits per heavy atom. The zero-order valence-electron chi connectivity index (χ0n) is 32.0. The van der Waals surface area contributed by atoms with Crippen molar-refractivity contribution in [3.63, 3.8) is 0 Å². The van der Waals surface area contributed by atoms with E-state index in [-0.39, 0.29) is 0 Å². The molecular formula is C55H35N3O. The second-order valence-corrected chi connectivity index (χ2v) is 14.8. The Morgan fingerprint density at radius 3 is 1.49 bits per heavy atom. The second-order valence-electron chi connectivity index (χ2n) is 14.8. The Morgan fingerprint density at radius 1 is 0.288 bits per heavy atom. The number of fused-ring (bicyclic) bond motifs is 4. The van der Waals surface area contributed by atoms with Gasteiger partial charge in [0.2, 0.25) is 0 Å². The standard InChI is InChI=1S/C55H35N3O/c1-3-12-36(13-4-1)39-24-26-41(27-25-39)44-18-9-19-45(34-44)47-20-10-21-48-51-49(22-11-23-50(51)59-52(47)48)55-57-53(42-31-28-40(29-32-42)37-14-5-2-6-15-37)56-54(58-55)46-33-30-38-16-7-8-17-43(38)35-46/h1-35H. The van der Waals surface area contributed by atoms with Gasteiger partial charge < -0.3 is 4.42 Å². The third-order valence-corrected chi connectivity index (χ3v) is 11.2. The van der Waals surface area contributed by atoms with Crippen molar-refractivity contribution in [3.8, 4) is 78.7 Å². The fourth-order valence-corrected chi connectivity index (χ4v) is 8.14. The van der Waals surface area contributed by atoms with Gasteiger partial charge in [-0.15, -0.1) is 0 Å². The lowest BCUT2D eigenvalue weighted by molar-refractivity contribution is 0.670. The van der Waals surface area contributed by atoms with Crippen LogP contribution in [0.25, 0.3) is 111 Å². The van der Waals surface area contributed by atoms with E-state index in [2.05, 4.69) is 188 Å². The summed E-state index contributed by atoms with van der Waals surface area (Å²) < 4.78 is 6.77. The quantitative estimate of drug-likeness (QED) is 0.163. The molecule has 0 aliphatic rings. The molecule has 0 saturated carbocycles. The molecule has 11 rings (SSSR count). The van der Waals surface area contributed by atoms with Gasteiger partial charge in [-0.3, -0.25) is 0 Å². The molecule has 0 bridgehead atoms. The molecule has 0 saturated heterocycles. The van der Waals surface area contributed by atoms with E-state index >= 15 is 0 Å².